The van der Waals surface area contributed by atoms with Gasteiger partial charge in [0, 0.05) is 23.6 Å². The van der Waals surface area contributed by atoms with E-state index in [1.54, 1.807) is 0 Å². The van der Waals surface area contributed by atoms with Crippen molar-refractivity contribution in [2.24, 2.45) is 0 Å². The van der Waals surface area contributed by atoms with Crippen LogP contribution in [0.1, 0.15) is 294 Å². The molecule has 0 saturated heterocycles. The Morgan fingerprint density at radius 1 is 0.406 bits per heavy atom. The van der Waals surface area contributed by atoms with E-state index < -0.39 is 0 Å². The van der Waals surface area contributed by atoms with Gasteiger partial charge in [-0.05, 0) is 67.5 Å². The van der Waals surface area contributed by atoms with Crippen LogP contribution in [-0.4, -0.2) is 4.70 Å². The van der Waals surface area contributed by atoms with Crippen LogP contribution < -0.4 is 0 Å². The molecule has 0 N–H and O–H groups in total. The van der Waals surface area contributed by atoms with Crippen LogP contribution in [0.25, 0.3) is 16.9 Å². The maximum atomic E-state index is 11.5. The van der Waals surface area contributed by atoms with Crippen molar-refractivity contribution < 1.29 is 22.7 Å². The Morgan fingerprint density at radius 3 is 1.22 bits per heavy atom. The van der Waals surface area contributed by atoms with E-state index in [1.165, 1.54) is 228 Å². The normalized spacial score (nSPS) is 11.9. The molecule has 2 aromatic rings. The Kier molecular flexibility index (Phi) is 41.3. The fraction of sp³-hybridized carbons (Fsp3) is 0.667. The second kappa shape index (κ2) is 46.0. The van der Waals surface area contributed by atoms with Crippen molar-refractivity contribution >= 4 is 11.4 Å². The van der Waals surface area contributed by atoms with E-state index in [-0.39, 0.29) is 0 Å². The van der Waals surface area contributed by atoms with Crippen molar-refractivity contribution in [2.45, 2.75) is 285 Å². The molecule has 0 radical (unpaired) electrons. The summed E-state index contributed by atoms with van der Waals surface area (Å²) in [7, 11) is 0. The minimum absolute atomic E-state index is 0.342. The van der Waals surface area contributed by atoms with Crippen LogP contribution in [0.3, 0.4) is 0 Å². The standard InChI is InChI=1S/C40H56N2.2C13H23.Pd/c1-4-7-10-11-12-13-14-15-16-17-18-19-21-28-38-33-39(36-29-22-26-34(31-36)24-9-6-3)42(41)40(38)37-30-23-27-35(32-37)25-20-8-5-2;2*1-3-5-7-9-11-13-12-10-8-6-4-2;/h22-23,26-27,29-33H,4-20,24-25H2,1-3H3;2*3,5-13H2,1H3;. The summed E-state index contributed by atoms with van der Waals surface area (Å²) in [4.78, 5) is 0. The minimum Gasteiger partial charge on any atom is -0.493 e. The summed E-state index contributed by atoms with van der Waals surface area (Å²) in [5.74, 6) is 13.6. The van der Waals surface area contributed by atoms with Crippen molar-refractivity contribution in [1.82, 2.24) is 0 Å². The van der Waals surface area contributed by atoms with Gasteiger partial charge < -0.3 is 5.53 Å². The quantitative estimate of drug-likeness (QED) is 0.0277. The van der Waals surface area contributed by atoms with E-state index in [9.17, 15) is 5.53 Å². The molecule has 0 bridgehead atoms. The third-order valence-corrected chi connectivity index (χ3v) is 14.4. The van der Waals surface area contributed by atoms with Crippen molar-refractivity contribution in [3.05, 3.63) is 88.0 Å². The van der Waals surface area contributed by atoms with E-state index in [2.05, 4.69) is 122 Å². The maximum absolute atomic E-state index is 11.5. The van der Waals surface area contributed by atoms with Gasteiger partial charge in [0.25, 0.3) is 0 Å². The molecule has 0 fully saturated rings. The molecule has 0 atom stereocenters. The molecule has 386 valence electrons. The molecule has 69 heavy (non-hydrogen) atoms. The molecule has 3 rings (SSSR count). The summed E-state index contributed by atoms with van der Waals surface area (Å²) in [6.07, 6.45) is 53.2. The van der Waals surface area contributed by atoms with Gasteiger partial charge in [-0.3, -0.25) is 0 Å². The molecule has 0 unspecified atom stereocenters. The number of rotatable bonds is 38. The molecule has 0 saturated carbocycles. The summed E-state index contributed by atoms with van der Waals surface area (Å²) in [6.45, 7) is 11.3. The summed E-state index contributed by atoms with van der Waals surface area (Å²) >= 11 is 0.342. The summed E-state index contributed by atoms with van der Waals surface area (Å²) in [6, 6.07) is 17.3. The van der Waals surface area contributed by atoms with E-state index in [0.29, 0.717) is 18.0 Å². The van der Waals surface area contributed by atoms with Crippen molar-refractivity contribution in [3.63, 3.8) is 0 Å². The van der Waals surface area contributed by atoms with Crippen LogP contribution in [0.2, 0.25) is 0 Å². The Labute approximate surface area is 437 Å². The Hall–Kier alpha value is -3.14. The average Bonchev–Trinajstić information content (AvgIpc) is 3.70. The van der Waals surface area contributed by atoms with E-state index in [0.717, 1.165) is 66.6 Å². The van der Waals surface area contributed by atoms with Gasteiger partial charge in [0.15, 0.2) is 0 Å². The molecule has 2 aromatic carbocycles. The molecule has 2 nitrogen and oxygen atoms in total. The van der Waals surface area contributed by atoms with Gasteiger partial charge in [-0.15, -0.1) is 0 Å². The summed E-state index contributed by atoms with van der Waals surface area (Å²) in [5, 5.41) is 0. The summed E-state index contributed by atoms with van der Waals surface area (Å²) in [5.41, 5.74) is 18.8. The molecular weight excluding hydrogens is 927 g/mol. The number of benzene rings is 2. The third kappa shape index (κ3) is 32.5. The number of hydrogen-bond donors (Lipinski definition) is 0. The number of hydrogen-bond acceptors (Lipinski definition) is 0. The van der Waals surface area contributed by atoms with Crippen molar-refractivity contribution in [1.29, 1.82) is 0 Å². The summed E-state index contributed by atoms with van der Waals surface area (Å²) < 4.78 is 7.93. The average molecular weight is 1030 g/mol. The van der Waals surface area contributed by atoms with Gasteiger partial charge in [0.05, 0.1) is 0 Å². The zero-order valence-electron chi connectivity index (χ0n) is 45.5. The first kappa shape index (κ1) is 62.0. The van der Waals surface area contributed by atoms with Crippen LogP contribution in [0.4, 0.5) is 0 Å². The SMILES string of the molecule is CCCCCCCCCCCC#[C][Pd][C]#CCCCCCCCCCCC.CCCCCCCCCCCCCC#CC1=C(c2cccc(CCCCC)c2)[N+](=[N-])C(c2cccc(CCCC)c2)=C1. The zero-order valence-corrected chi connectivity index (χ0v) is 47.0. The van der Waals surface area contributed by atoms with Crippen LogP contribution in [0.15, 0.2) is 60.2 Å². The molecule has 0 spiro atoms. The van der Waals surface area contributed by atoms with Crippen LogP contribution in [-0.2, 0) is 30.8 Å². The monoisotopic (exact) mass is 1030 g/mol. The number of aryl methyl sites for hydroxylation is 2. The zero-order chi connectivity index (χ0) is 49.5. The predicted molar refractivity (Wildman–Crippen MR) is 301 cm³/mol. The Balaban J connectivity index is 0.000000525. The molecule has 1 heterocycles. The minimum atomic E-state index is 0.342. The third-order valence-electron chi connectivity index (χ3n) is 13.4. The van der Waals surface area contributed by atoms with Crippen molar-refractivity contribution in [3.8, 4) is 32.5 Å². The van der Waals surface area contributed by atoms with Crippen LogP contribution in [0.5, 0.6) is 0 Å². The Morgan fingerprint density at radius 2 is 0.768 bits per heavy atom. The smallest absolute Gasteiger partial charge is 0.493 e. The van der Waals surface area contributed by atoms with E-state index >= 15 is 0 Å². The molecule has 1 aliphatic heterocycles. The van der Waals surface area contributed by atoms with Gasteiger partial charge >= 0.3 is 167 Å². The molecule has 1 aliphatic rings. The molecular formula is C66H102N2Pd. The molecule has 0 aliphatic carbocycles. The molecule has 3 heteroatoms. The van der Waals surface area contributed by atoms with E-state index in [1.807, 2.05) is 0 Å². The van der Waals surface area contributed by atoms with Crippen LogP contribution in [0, 0.1) is 32.5 Å². The van der Waals surface area contributed by atoms with Gasteiger partial charge in [0.1, 0.15) is 5.57 Å². The molecule has 0 aromatic heterocycles. The number of allylic oxidation sites excluding steroid dienone is 2. The van der Waals surface area contributed by atoms with Gasteiger partial charge in [-0.25, -0.2) is 4.70 Å². The first-order valence-corrected chi connectivity index (χ1v) is 30.8. The first-order chi connectivity index (χ1) is 34.1. The predicted octanol–water partition coefficient (Wildman–Crippen LogP) is 21.1. The topological polar surface area (TPSA) is 25.3 Å². The molecule has 0 amide bonds. The fourth-order valence-electron chi connectivity index (χ4n) is 9.04. The number of nitrogens with zero attached hydrogens (tertiary/aromatic N) is 2. The fourth-order valence-corrected chi connectivity index (χ4v) is 9.80. The van der Waals surface area contributed by atoms with Gasteiger partial charge in [-0.1, -0.05) is 154 Å². The number of unbranched alkanes of at least 4 members (excludes halogenated alkanes) is 32. The Bertz CT molecular complexity index is 1810. The van der Waals surface area contributed by atoms with Crippen LogP contribution >= 0.6 is 0 Å². The first-order valence-electron chi connectivity index (χ1n) is 29.2. The second-order valence-electron chi connectivity index (χ2n) is 19.9. The van der Waals surface area contributed by atoms with E-state index in [4.69, 9.17) is 0 Å². The van der Waals surface area contributed by atoms with Crippen molar-refractivity contribution in [2.75, 3.05) is 0 Å². The second-order valence-corrected chi connectivity index (χ2v) is 21.1. The van der Waals surface area contributed by atoms with Gasteiger partial charge in [0.2, 0.25) is 11.4 Å². The van der Waals surface area contributed by atoms with Gasteiger partial charge in [-0.2, -0.15) is 0 Å².